The third-order valence-electron chi connectivity index (χ3n) is 2.81. The van der Waals surface area contributed by atoms with E-state index in [1.807, 2.05) is 13.1 Å². The largest absolute Gasteiger partial charge is 0.339 e. The van der Waals surface area contributed by atoms with Gasteiger partial charge in [0.1, 0.15) is 0 Å². The molecule has 0 unspecified atom stereocenters. The Morgan fingerprint density at radius 2 is 1.94 bits per heavy atom. The van der Waals surface area contributed by atoms with Crippen LogP contribution in [0.15, 0.2) is 34.9 Å². The fraction of sp³-hybridized carbons (Fsp3) is 0.429. The molecule has 0 aliphatic heterocycles. The van der Waals surface area contributed by atoms with Crippen LogP contribution in [0.1, 0.15) is 23.7 Å². The molecule has 2 rings (SSSR count). The molecule has 96 valence electrons. The van der Waals surface area contributed by atoms with Crippen molar-refractivity contribution in [1.29, 1.82) is 0 Å². The number of hydrogen-bond donors (Lipinski definition) is 1. The zero-order valence-corrected chi connectivity index (χ0v) is 10.7. The third-order valence-corrected chi connectivity index (χ3v) is 2.81. The predicted octanol–water partition coefficient (Wildman–Crippen LogP) is 2.01. The number of aromatic nitrogens is 2. The van der Waals surface area contributed by atoms with Gasteiger partial charge in [0.05, 0.1) is 0 Å². The van der Waals surface area contributed by atoms with Gasteiger partial charge in [-0.05, 0) is 32.0 Å². The zero-order chi connectivity index (χ0) is 12.6. The standard InChI is InChI=1S/C14H19N3O/c1-15-11-5-8-14-16-13(17-18-14)10-9-12-6-3-2-4-7-12/h2-4,6-7,15H,5,8-11H2,1H3. The summed E-state index contributed by atoms with van der Waals surface area (Å²) in [6.07, 6.45) is 3.66. The second-order valence-corrected chi connectivity index (χ2v) is 4.30. The van der Waals surface area contributed by atoms with Gasteiger partial charge in [-0.1, -0.05) is 35.5 Å². The molecule has 18 heavy (non-hydrogen) atoms. The number of rotatable bonds is 7. The molecule has 4 heteroatoms. The Labute approximate surface area is 107 Å². The molecule has 0 spiro atoms. The quantitative estimate of drug-likeness (QED) is 0.758. The van der Waals surface area contributed by atoms with Crippen LogP contribution in [0.5, 0.6) is 0 Å². The van der Waals surface area contributed by atoms with Crippen LogP contribution >= 0.6 is 0 Å². The number of benzene rings is 1. The summed E-state index contributed by atoms with van der Waals surface area (Å²) < 4.78 is 5.21. The first-order valence-corrected chi connectivity index (χ1v) is 6.38. The van der Waals surface area contributed by atoms with E-state index in [-0.39, 0.29) is 0 Å². The van der Waals surface area contributed by atoms with Crippen LogP contribution in [0.25, 0.3) is 0 Å². The molecule has 0 amide bonds. The minimum Gasteiger partial charge on any atom is -0.339 e. The SMILES string of the molecule is CNCCCc1nc(CCc2ccccc2)no1. The number of nitrogens with one attached hydrogen (secondary N) is 1. The van der Waals surface area contributed by atoms with Crippen molar-refractivity contribution in [2.75, 3.05) is 13.6 Å². The molecule has 2 aromatic rings. The van der Waals surface area contributed by atoms with Gasteiger partial charge in [0.15, 0.2) is 5.82 Å². The lowest BCUT2D eigenvalue weighted by molar-refractivity contribution is 0.370. The monoisotopic (exact) mass is 245 g/mol. The normalized spacial score (nSPS) is 10.7. The van der Waals surface area contributed by atoms with E-state index in [9.17, 15) is 0 Å². The van der Waals surface area contributed by atoms with Crippen LogP contribution in [0, 0.1) is 0 Å². The van der Waals surface area contributed by atoms with Crippen LogP contribution < -0.4 is 5.32 Å². The number of hydrogen-bond acceptors (Lipinski definition) is 4. The molecular weight excluding hydrogens is 226 g/mol. The predicted molar refractivity (Wildman–Crippen MR) is 70.4 cm³/mol. The smallest absolute Gasteiger partial charge is 0.226 e. The highest BCUT2D eigenvalue weighted by Gasteiger charge is 2.05. The Bertz CT molecular complexity index is 453. The first-order chi connectivity index (χ1) is 8.88. The van der Waals surface area contributed by atoms with E-state index in [4.69, 9.17) is 4.52 Å². The summed E-state index contributed by atoms with van der Waals surface area (Å²) >= 11 is 0. The highest BCUT2D eigenvalue weighted by atomic mass is 16.5. The Balaban J connectivity index is 1.80. The Hall–Kier alpha value is -1.68. The minimum atomic E-state index is 0.744. The minimum absolute atomic E-state index is 0.744. The van der Waals surface area contributed by atoms with Crippen molar-refractivity contribution in [3.05, 3.63) is 47.6 Å². The average Bonchev–Trinajstić information content (AvgIpc) is 2.86. The maximum absolute atomic E-state index is 5.21. The van der Waals surface area contributed by atoms with E-state index in [0.29, 0.717) is 0 Å². The van der Waals surface area contributed by atoms with Crippen molar-refractivity contribution in [2.24, 2.45) is 0 Å². The van der Waals surface area contributed by atoms with Gasteiger partial charge in [-0.15, -0.1) is 0 Å². The first-order valence-electron chi connectivity index (χ1n) is 6.38. The molecule has 0 radical (unpaired) electrons. The van der Waals surface area contributed by atoms with Gasteiger partial charge in [0, 0.05) is 12.8 Å². The molecule has 1 aromatic heterocycles. The van der Waals surface area contributed by atoms with E-state index in [0.717, 1.165) is 43.9 Å². The lowest BCUT2D eigenvalue weighted by Gasteiger charge is -1.96. The number of aryl methyl sites for hydroxylation is 3. The Kier molecular flexibility index (Phi) is 4.90. The molecule has 0 atom stereocenters. The Morgan fingerprint density at radius 1 is 1.11 bits per heavy atom. The highest BCUT2D eigenvalue weighted by Crippen LogP contribution is 2.06. The molecule has 0 saturated heterocycles. The van der Waals surface area contributed by atoms with Crippen LogP contribution in [-0.2, 0) is 19.3 Å². The van der Waals surface area contributed by atoms with Crippen molar-refractivity contribution >= 4 is 0 Å². The fourth-order valence-electron chi connectivity index (χ4n) is 1.81. The summed E-state index contributed by atoms with van der Waals surface area (Å²) in [4.78, 5) is 4.39. The summed E-state index contributed by atoms with van der Waals surface area (Å²) in [6.45, 7) is 0.974. The van der Waals surface area contributed by atoms with Crippen molar-refractivity contribution in [3.8, 4) is 0 Å². The van der Waals surface area contributed by atoms with Gasteiger partial charge in [0.2, 0.25) is 5.89 Å². The van der Waals surface area contributed by atoms with E-state index < -0.39 is 0 Å². The van der Waals surface area contributed by atoms with Gasteiger partial charge >= 0.3 is 0 Å². The van der Waals surface area contributed by atoms with Crippen molar-refractivity contribution in [1.82, 2.24) is 15.5 Å². The molecule has 0 bridgehead atoms. The second kappa shape index (κ2) is 6.91. The summed E-state index contributed by atoms with van der Waals surface area (Å²) in [7, 11) is 1.94. The van der Waals surface area contributed by atoms with Crippen LogP contribution in [0.4, 0.5) is 0 Å². The summed E-state index contributed by atoms with van der Waals surface area (Å²) in [5.74, 6) is 1.55. The van der Waals surface area contributed by atoms with Gasteiger partial charge in [-0.25, -0.2) is 0 Å². The van der Waals surface area contributed by atoms with Gasteiger partial charge < -0.3 is 9.84 Å². The van der Waals surface area contributed by atoms with E-state index in [1.54, 1.807) is 0 Å². The van der Waals surface area contributed by atoms with Gasteiger partial charge in [-0.3, -0.25) is 0 Å². The van der Waals surface area contributed by atoms with E-state index in [1.165, 1.54) is 5.56 Å². The van der Waals surface area contributed by atoms with Gasteiger partial charge in [-0.2, -0.15) is 4.98 Å². The van der Waals surface area contributed by atoms with Crippen molar-refractivity contribution in [3.63, 3.8) is 0 Å². The molecule has 0 fully saturated rings. The molecule has 1 N–H and O–H groups in total. The lowest BCUT2D eigenvalue weighted by atomic mass is 10.1. The van der Waals surface area contributed by atoms with Crippen molar-refractivity contribution in [2.45, 2.75) is 25.7 Å². The average molecular weight is 245 g/mol. The second-order valence-electron chi connectivity index (χ2n) is 4.30. The molecule has 0 aliphatic carbocycles. The Morgan fingerprint density at radius 3 is 2.72 bits per heavy atom. The summed E-state index contributed by atoms with van der Waals surface area (Å²) in [5.41, 5.74) is 1.30. The number of nitrogens with zero attached hydrogens (tertiary/aromatic N) is 2. The molecule has 0 aliphatic rings. The van der Waals surface area contributed by atoms with Crippen molar-refractivity contribution < 1.29 is 4.52 Å². The maximum Gasteiger partial charge on any atom is 0.226 e. The van der Waals surface area contributed by atoms with Crippen LogP contribution in [0.3, 0.4) is 0 Å². The molecule has 1 heterocycles. The summed E-state index contributed by atoms with van der Waals surface area (Å²) in [6, 6.07) is 10.4. The maximum atomic E-state index is 5.21. The topological polar surface area (TPSA) is 51.0 Å². The van der Waals surface area contributed by atoms with E-state index >= 15 is 0 Å². The molecular formula is C14H19N3O. The van der Waals surface area contributed by atoms with Crippen LogP contribution in [0.2, 0.25) is 0 Å². The summed E-state index contributed by atoms with van der Waals surface area (Å²) in [5, 5.41) is 7.11. The zero-order valence-electron chi connectivity index (χ0n) is 10.7. The lowest BCUT2D eigenvalue weighted by Crippen LogP contribution is -2.08. The molecule has 4 nitrogen and oxygen atoms in total. The van der Waals surface area contributed by atoms with Gasteiger partial charge in [0.25, 0.3) is 0 Å². The van der Waals surface area contributed by atoms with Crippen LogP contribution in [-0.4, -0.2) is 23.7 Å². The molecule has 0 saturated carbocycles. The van der Waals surface area contributed by atoms with E-state index in [2.05, 4.69) is 39.7 Å². The molecule has 1 aromatic carbocycles. The first kappa shape index (κ1) is 12.8. The third kappa shape index (κ3) is 3.96. The highest BCUT2D eigenvalue weighted by molar-refractivity contribution is 5.15. The fourth-order valence-corrected chi connectivity index (χ4v) is 1.81.